The van der Waals surface area contributed by atoms with Gasteiger partial charge in [0.25, 0.3) is 0 Å². The van der Waals surface area contributed by atoms with E-state index in [1.54, 1.807) is 12.1 Å². The summed E-state index contributed by atoms with van der Waals surface area (Å²) in [5.41, 5.74) is 0.198. The van der Waals surface area contributed by atoms with E-state index in [4.69, 9.17) is 9.84 Å². The number of aliphatic hydroxyl groups excluding tert-OH is 1. The lowest BCUT2D eigenvalue weighted by molar-refractivity contribution is 0.0494. The number of benzene rings is 2. The second-order valence-corrected chi connectivity index (χ2v) is 4.99. The highest BCUT2D eigenvalue weighted by molar-refractivity contribution is 5.98. The van der Waals surface area contributed by atoms with Crippen LogP contribution < -0.4 is 0 Å². The summed E-state index contributed by atoms with van der Waals surface area (Å²) in [7, 11) is 0. The van der Waals surface area contributed by atoms with E-state index >= 15 is 0 Å². The van der Waals surface area contributed by atoms with Gasteiger partial charge >= 0.3 is 5.97 Å². The highest BCUT2D eigenvalue weighted by Gasteiger charge is 2.13. The molecule has 0 amide bonds. The van der Waals surface area contributed by atoms with Crippen LogP contribution in [0, 0.1) is 0 Å². The van der Waals surface area contributed by atoms with Crippen molar-refractivity contribution in [2.45, 2.75) is 25.7 Å². The molecule has 0 aliphatic rings. The lowest BCUT2D eigenvalue weighted by Gasteiger charge is -2.08. The Morgan fingerprint density at radius 1 is 1.00 bits per heavy atom. The first-order valence-corrected chi connectivity index (χ1v) is 7.22. The molecule has 0 aromatic heterocycles. The highest BCUT2D eigenvalue weighted by Crippen LogP contribution is 2.25. The maximum absolute atomic E-state index is 12.0. The Morgan fingerprint density at radius 2 is 1.67 bits per heavy atom. The number of aliphatic hydroxyl groups is 1. The van der Waals surface area contributed by atoms with E-state index in [2.05, 4.69) is 0 Å². The lowest BCUT2D eigenvalue weighted by atomic mass is 10.1. The van der Waals surface area contributed by atoms with Gasteiger partial charge in [-0.25, -0.2) is 4.79 Å². The summed E-state index contributed by atoms with van der Waals surface area (Å²) >= 11 is 0. The van der Waals surface area contributed by atoms with Gasteiger partial charge in [0.1, 0.15) is 11.3 Å². The fourth-order valence-electron chi connectivity index (χ4n) is 2.20. The Morgan fingerprint density at radius 3 is 2.38 bits per heavy atom. The molecule has 0 aliphatic carbocycles. The smallest absolute Gasteiger partial charge is 0.341 e. The molecule has 0 aliphatic heterocycles. The number of hydrogen-bond donors (Lipinski definition) is 2. The van der Waals surface area contributed by atoms with Crippen LogP contribution in [0.5, 0.6) is 5.75 Å². The van der Waals surface area contributed by atoms with Crippen LogP contribution in [0.3, 0.4) is 0 Å². The maximum Gasteiger partial charge on any atom is 0.341 e. The second kappa shape index (κ2) is 7.64. The molecule has 21 heavy (non-hydrogen) atoms. The van der Waals surface area contributed by atoms with Crippen molar-refractivity contribution in [2.24, 2.45) is 0 Å². The Hall–Kier alpha value is -2.07. The molecule has 0 unspecified atom stereocenters. The van der Waals surface area contributed by atoms with Gasteiger partial charge < -0.3 is 14.9 Å². The van der Waals surface area contributed by atoms with Gasteiger partial charge in [-0.2, -0.15) is 0 Å². The van der Waals surface area contributed by atoms with Gasteiger partial charge in [-0.1, -0.05) is 30.7 Å². The zero-order chi connectivity index (χ0) is 15.1. The van der Waals surface area contributed by atoms with E-state index in [1.165, 1.54) is 0 Å². The third-order valence-electron chi connectivity index (χ3n) is 3.37. The molecule has 2 rings (SSSR count). The Balaban J connectivity index is 1.94. The van der Waals surface area contributed by atoms with Crippen molar-refractivity contribution >= 4 is 16.7 Å². The second-order valence-electron chi connectivity index (χ2n) is 4.99. The zero-order valence-electron chi connectivity index (χ0n) is 11.9. The summed E-state index contributed by atoms with van der Waals surface area (Å²) in [6.07, 6.45) is 3.38. The largest absolute Gasteiger partial charge is 0.507 e. The molecule has 0 bridgehead atoms. The molecular formula is C17H20O4. The summed E-state index contributed by atoms with van der Waals surface area (Å²) in [5.74, 6) is -0.556. The van der Waals surface area contributed by atoms with E-state index in [0.29, 0.717) is 6.61 Å². The third-order valence-corrected chi connectivity index (χ3v) is 3.37. The number of carbonyl (C=O) groups is 1. The van der Waals surface area contributed by atoms with Crippen molar-refractivity contribution in [2.75, 3.05) is 13.2 Å². The van der Waals surface area contributed by atoms with Crippen LogP contribution in [-0.2, 0) is 4.74 Å². The van der Waals surface area contributed by atoms with Gasteiger partial charge in [-0.3, -0.25) is 0 Å². The number of ether oxygens (including phenoxy) is 1. The molecule has 4 heteroatoms. The fraction of sp³-hybridized carbons (Fsp3) is 0.353. The summed E-state index contributed by atoms with van der Waals surface area (Å²) < 4.78 is 5.18. The van der Waals surface area contributed by atoms with E-state index in [1.807, 2.05) is 24.3 Å². The zero-order valence-corrected chi connectivity index (χ0v) is 11.9. The Labute approximate surface area is 124 Å². The molecule has 0 radical (unpaired) electrons. The number of hydrogen-bond acceptors (Lipinski definition) is 4. The standard InChI is InChI=1S/C17H20O4/c18-9-5-1-2-6-10-21-17(20)15-11-13-7-3-4-8-14(13)12-16(15)19/h3-4,7-8,11-12,18-19H,1-2,5-6,9-10H2. The normalized spacial score (nSPS) is 10.7. The third kappa shape index (κ3) is 4.20. The molecule has 0 heterocycles. The van der Waals surface area contributed by atoms with Crippen LogP contribution in [-0.4, -0.2) is 29.4 Å². The van der Waals surface area contributed by atoms with E-state index in [9.17, 15) is 9.90 Å². The molecule has 2 aromatic rings. The van der Waals surface area contributed by atoms with Crippen LogP contribution in [0.1, 0.15) is 36.0 Å². The van der Waals surface area contributed by atoms with Crippen LogP contribution >= 0.6 is 0 Å². The summed E-state index contributed by atoms with van der Waals surface area (Å²) in [6, 6.07) is 10.8. The van der Waals surface area contributed by atoms with E-state index < -0.39 is 5.97 Å². The first kappa shape index (κ1) is 15.3. The minimum atomic E-state index is -0.500. The maximum atomic E-state index is 12.0. The molecule has 0 saturated heterocycles. The predicted molar refractivity (Wildman–Crippen MR) is 81.4 cm³/mol. The molecule has 112 valence electrons. The number of unbranched alkanes of at least 4 members (excludes halogenated alkanes) is 3. The van der Waals surface area contributed by atoms with Gasteiger partial charge in [0.05, 0.1) is 6.61 Å². The van der Waals surface area contributed by atoms with Crippen molar-refractivity contribution in [3.05, 3.63) is 42.0 Å². The number of phenolic OH excluding ortho intramolecular Hbond substituents is 1. The molecule has 2 aromatic carbocycles. The van der Waals surface area contributed by atoms with Gasteiger partial charge in [0.15, 0.2) is 0 Å². The molecular weight excluding hydrogens is 268 g/mol. The number of rotatable bonds is 7. The highest BCUT2D eigenvalue weighted by atomic mass is 16.5. The summed E-state index contributed by atoms with van der Waals surface area (Å²) in [6.45, 7) is 0.529. The number of fused-ring (bicyclic) bond motifs is 1. The van der Waals surface area contributed by atoms with Crippen molar-refractivity contribution in [3.8, 4) is 5.75 Å². The van der Waals surface area contributed by atoms with E-state index in [-0.39, 0.29) is 17.9 Å². The average molecular weight is 288 g/mol. The van der Waals surface area contributed by atoms with Crippen LogP contribution in [0.4, 0.5) is 0 Å². The van der Waals surface area contributed by atoms with Crippen LogP contribution in [0.15, 0.2) is 36.4 Å². The number of esters is 1. The summed E-state index contributed by atoms with van der Waals surface area (Å²) in [5, 5.41) is 20.4. The van der Waals surface area contributed by atoms with Crippen molar-refractivity contribution < 1.29 is 19.7 Å². The Bertz CT molecular complexity index is 607. The lowest BCUT2D eigenvalue weighted by Crippen LogP contribution is -2.07. The molecule has 4 nitrogen and oxygen atoms in total. The number of carbonyl (C=O) groups excluding carboxylic acids is 1. The minimum Gasteiger partial charge on any atom is -0.507 e. The monoisotopic (exact) mass is 288 g/mol. The SMILES string of the molecule is O=C(OCCCCCCO)c1cc2ccccc2cc1O. The predicted octanol–water partition coefficient (Wildman–Crippen LogP) is 3.25. The van der Waals surface area contributed by atoms with Crippen molar-refractivity contribution in [1.29, 1.82) is 0 Å². The van der Waals surface area contributed by atoms with Crippen LogP contribution in [0.25, 0.3) is 10.8 Å². The first-order valence-electron chi connectivity index (χ1n) is 7.22. The van der Waals surface area contributed by atoms with Crippen molar-refractivity contribution in [1.82, 2.24) is 0 Å². The van der Waals surface area contributed by atoms with E-state index in [0.717, 1.165) is 36.5 Å². The van der Waals surface area contributed by atoms with Gasteiger partial charge in [-0.15, -0.1) is 0 Å². The average Bonchev–Trinajstić information content (AvgIpc) is 2.49. The quantitative estimate of drug-likeness (QED) is 0.606. The molecule has 0 saturated carbocycles. The molecule has 0 fully saturated rings. The topological polar surface area (TPSA) is 66.8 Å². The number of aromatic hydroxyl groups is 1. The molecule has 0 spiro atoms. The Kier molecular flexibility index (Phi) is 5.58. The first-order chi connectivity index (χ1) is 10.2. The van der Waals surface area contributed by atoms with Gasteiger partial charge in [0, 0.05) is 6.61 Å². The van der Waals surface area contributed by atoms with Gasteiger partial charge in [0.2, 0.25) is 0 Å². The fourth-order valence-corrected chi connectivity index (χ4v) is 2.20. The van der Waals surface area contributed by atoms with Crippen LogP contribution in [0.2, 0.25) is 0 Å². The van der Waals surface area contributed by atoms with Crippen molar-refractivity contribution in [3.63, 3.8) is 0 Å². The van der Waals surface area contributed by atoms with Gasteiger partial charge in [-0.05, 0) is 42.2 Å². The molecule has 0 atom stereocenters. The number of phenols is 1. The minimum absolute atomic E-state index is 0.0565. The molecule has 2 N–H and O–H groups in total. The summed E-state index contributed by atoms with van der Waals surface area (Å²) in [4.78, 5) is 12.0.